The third-order valence-electron chi connectivity index (χ3n) is 3.02. The van der Waals surface area contributed by atoms with Crippen LogP contribution in [-0.4, -0.2) is 136 Å². The van der Waals surface area contributed by atoms with Crippen LogP contribution in [0, 0.1) is 0 Å². The molecule has 0 heterocycles. The van der Waals surface area contributed by atoms with E-state index in [9.17, 15) is 4.79 Å². The van der Waals surface area contributed by atoms with Gasteiger partial charge in [-0.1, -0.05) is 0 Å². The summed E-state index contributed by atoms with van der Waals surface area (Å²) in [5.41, 5.74) is 0. The lowest BCUT2D eigenvalue weighted by molar-refractivity contribution is -0.164. The summed E-state index contributed by atoms with van der Waals surface area (Å²) in [4.78, 5) is 10.1. The minimum atomic E-state index is -2.20. The molecule has 0 aromatic rings. The van der Waals surface area contributed by atoms with Gasteiger partial charge in [0.2, 0.25) is 0 Å². The molecule has 152 valence electrons. The number of hydrogen-bond acceptors (Lipinski definition) is 12. The molecule has 0 radical (unpaired) electrons. The average Bonchev–Trinajstić information content (AvgIpc) is 2.62. The van der Waals surface area contributed by atoms with Crippen molar-refractivity contribution in [3.8, 4) is 0 Å². The van der Waals surface area contributed by atoms with Gasteiger partial charge >= 0.3 is 5.97 Å². The number of hydrogen-bond donors (Lipinski definition) is 12. The highest BCUT2D eigenvalue weighted by Crippen LogP contribution is 2.05. The molecule has 0 aliphatic heterocycles. The highest BCUT2D eigenvalue weighted by atomic mass is 16.4. The number of aliphatic carboxylic acids is 1. The number of carboxylic acids is 1. The van der Waals surface area contributed by atoms with E-state index in [0.717, 1.165) is 0 Å². The number of rotatable bonds is 10. The Bertz CT molecular complexity index is 340. The van der Waals surface area contributed by atoms with E-state index in [2.05, 4.69) is 0 Å². The molecule has 0 bridgehead atoms. The van der Waals surface area contributed by atoms with Crippen molar-refractivity contribution in [2.75, 3.05) is 19.8 Å². The maximum absolute atomic E-state index is 10.1. The van der Waals surface area contributed by atoms with Gasteiger partial charge in [-0.15, -0.1) is 0 Å². The molecule has 0 saturated carbocycles. The Kier molecular flexibility index (Phi) is 13.9. The van der Waals surface area contributed by atoms with E-state index in [4.69, 9.17) is 61.3 Å². The van der Waals surface area contributed by atoms with Crippen LogP contribution in [0.15, 0.2) is 0 Å². The first-order valence-electron chi connectivity index (χ1n) is 6.96. The van der Waals surface area contributed by atoms with Crippen molar-refractivity contribution in [3.05, 3.63) is 0 Å². The fraction of sp³-hybridized carbons (Fsp3) is 0.917. The standard InChI is InChI=1S/C6H12O7.C6H14O6/c7-1-2(8)3(9)4(10)5(11)6(12)13;7-1-3(9)5(11)6(12)4(10)2-8/h2-5,7-11H,1H2,(H,12,13);3-12H,1-2H2. The first-order chi connectivity index (χ1) is 11.5. The predicted octanol–water partition coefficient (Wildman–Crippen LogP) is -7.08. The van der Waals surface area contributed by atoms with Gasteiger partial charge in [0.25, 0.3) is 0 Å². The van der Waals surface area contributed by atoms with E-state index >= 15 is 0 Å². The largest absolute Gasteiger partial charge is 0.479 e. The summed E-state index contributed by atoms with van der Waals surface area (Å²) in [6.45, 7) is -2.29. The van der Waals surface area contributed by atoms with Gasteiger partial charge in [-0.25, -0.2) is 4.79 Å². The van der Waals surface area contributed by atoms with E-state index in [-0.39, 0.29) is 0 Å². The Labute approximate surface area is 141 Å². The third-order valence-corrected chi connectivity index (χ3v) is 3.02. The second-order valence-corrected chi connectivity index (χ2v) is 5.00. The summed E-state index contributed by atoms with van der Waals surface area (Å²) in [5, 5.41) is 104. The summed E-state index contributed by atoms with van der Waals surface area (Å²) in [5.74, 6) is -1.73. The van der Waals surface area contributed by atoms with Gasteiger partial charge in [-0.2, -0.15) is 0 Å². The van der Waals surface area contributed by atoms with Crippen LogP contribution < -0.4 is 0 Å². The zero-order chi connectivity index (χ0) is 20.3. The van der Waals surface area contributed by atoms with Crippen molar-refractivity contribution in [1.82, 2.24) is 0 Å². The zero-order valence-corrected chi connectivity index (χ0v) is 13.0. The monoisotopic (exact) mass is 378 g/mol. The van der Waals surface area contributed by atoms with Gasteiger partial charge in [0, 0.05) is 0 Å². The van der Waals surface area contributed by atoms with Crippen LogP contribution in [0.25, 0.3) is 0 Å². The average molecular weight is 378 g/mol. The lowest BCUT2D eigenvalue weighted by Crippen LogP contribution is -2.48. The Hall–Kier alpha value is -0.970. The number of aliphatic hydroxyl groups excluding tert-OH is 11. The van der Waals surface area contributed by atoms with Crippen LogP contribution in [0.2, 0.25) is 0 Å². The van der Waals surface area contributed by atoms with Crippen molar-refractivity contribution in [3.63, 3.8) is 0 Å². The quantitative estimate of drug-likeness (QED) is 0.169. The normalized spacial score (nSPS) is 20.9. The van der Waals surface area contributed by atoms with E-state index in [1.807, 2.05) is 0 Å². The molecule has 0 amide bonds. The SMILES string of the molecule is O=C(O)C(O)C(O)C(O)C(O)CO.OCC(O)C(O)C(O)C(O)CO. The van der Waals surface area contributed by atoms with Crippen LogP contribution in [0.1, 0.15) is 0 Å². The van der Waals surface area contributed by atoms with E-state index < -0.39 is 74.6 Å². The third kappa shape index (κ3) is 9.34. The Morgan fingerprint density at radius 2 is 0.800 bits per heavy atom. The lowest BCUT2D eigenvalue weighted by Gasteiger charge is -2.24. The molecule has 0 aromatic heterocycles. The molecule has 13 heteroatoms. The second-order valence-electron chi connectivity index (χ2n) is 5.00. The fourth-order valence-electron chi connectivity index (χ4n) is 1.34. The van der Waals surface area contributed by atoms with Crippen LogP contribution in [0.5, 0.6) is 0 Å². The second kappa shape index (κ2) is 13.3. The predicted molar refractivity (Wildman–Crippen MR) is 76.9 cm³/mol. The summed E-state index contributed by atoms with van der Waals surface area (Å²) < 4.78 is 0. The first kappa shape index (κ1) is 26.3. The highest BCUT2D eigenvalue weighted by Gasteiger charge is 2.33. The van der Waals surface area contributed by atoms with Gasteiger partial charge in [0.05, 0.1) is 19.8 Å². The van der Waals surface area contributed by atoms with E-state index in [0.29, 0.717) is 0 Å². The molecule has 0 spiro atoms. The highest BCUT2D eigenvalue weighted by molar-refractivity contribution is 5.72. The van der Waals surface area contributed by atoms with Gasteiger partial charge in [-0.05, 0) is 0 Å². The van der Waals surface area contributed by atoms with Gasteiger partial charge in [-0.3, -0.25) is 0 Å². The molecule has 13 nitrogen and oxygen atoms in total. The summed E-state index contributed by atoms with van der Waals surface area (Å²) in [7, 11) is 0. The topological polar surface area (TPSA) is 260 Å². The van der Waals surface area contributed by atoms with Crippen LogP contribution >= 0.6 is 0 Å². The number of carboxylic acid groups (broad SMARTS) is 1. The Morgan fingerprint density at radius 1 is 0.560 bits per heavy atom. The fourth-order valence-corrected chi connectivity index (χ4v) is 1.34. The minimum Gasteiger partial charge on any atom is -0.479 e. The maximum Gasteiger partial charge on any atom is 0.335 e. The van der Waals surface area contributed by atoms with Crippen LogP contribution in [0.4, 0.5) is 0 Å². The molecule has 0 rings (SSSR count). The summed E-state index contributed by atoms with van der Waals surface area (Å²) >= 11 is 0. The minimum absolute atomic E-state index is 0.726. The smallest absolute Gasteiger partial charge is 0.335 e. The van der Waals surface area contributed by atoms with E-state index in [1.54, 1.807) is 0 Å². The van der Waals surface area contributed by atoms with Crippen molar-refractivity contribution >= 4 is 5.97 Å². The maximum atomic E-state index is 10.1. The van der Waals surface area contributed by atoms with Crippen molar-refractivity contribution in [2.24, 2.45) is 0 Å². The molecule has 0 aliphatic rings. The molecule has 12 N–H and O–H groups in total. The lowest BCUT2D eigenvalue weighted by atomic mass is 10.0. The molecule has 0 aliphatic carbocycles. The van der Waals surface area contributed by atoms with E-state index in [1.165, 1.54) is 0 Å². The Balaban J connectivity index is 0. The number of aliphatic hydroxyl groups is 11. The van der Waals surface area contributed by atoms with Crippen molar-refractivity contribution < 1.29 is 66.1 Å². The first-order valence-corrected chi connectivity index (χ1v) is 6.96. The van der Waals surface area contributed by atoms with Crippen LogP contribution in [-0.2, 0) is 4.79 Å². The number of carbonyl (C=O) groups is 1. The van der Waals surface area contributed by atoms with Crippen molar-refractivity contribution in [2.45, 2.75) is 48.8 Å². The molecule has 25 heavy (non-hydrogen) atoms. The molecule has 0 fully saturated rings. The molecule has 8 unspecified atom stereocenters. The van der Waals surface area contributed by atoms with Crippen LogP contribution in [0.3, 0.4) is 0 Å². The molecule has 0 aromatic carbocycles. The summed E-state index contributed by atoms with van der Waals surface area (Å²) in [6.07, 6.45) is -14.2. The molecule has 0 saturated heterocycles. The van der Waals surface area contributed by atoms with Gasteiger partial charge in [0.1, 0.15) is 42.7 Å². The molecular weight excluding hydrogens is 352 g/mol. The summed E-state index contributed by atoms with van der Waals surface area (Å²) in [6, 6.07) is 0. The zero-order valence-electron chi connectivity index (χ0n) is 13.0. The van der Waals surface area contributed by atoms with Crippen molar-refractivity contribution in [1.29, 1.82) is 0 Å². The molecular formula is C12H26O13. The van der Waals surface area contributed by atoms with Gasteiger partial charge < -0.3 is 61.3 Å². The van der Waals surface area contributed by atoms with Gasteiger partial charge in [0.15, 0.2) is 6.10 Å². The molecule has 8 atom stereocenters. The Morgan fingerprint density at radius 3 is 1.00 bits per heavy atom.